The number of guanidine groups is 1. The Bertz CT molecular complexity index is 236. The van der Waals surface area contributed by atoms with Crippen LogP contribution < -0.4 is 16.6 Å². The summed E-state index contributed by atoms with van der Waals surface area (Å²) < 4.78 is 0. The lowest BCUT2D eigenvalue weighted by Gasteiger charge is -2.19. The van der Waals surface area contributed by atoms with E-state index < -0.39 is 0 Å². The zero-order chi connectivity index (χ0) is 13.2. The molecule has 106 valence electrons. The molecule has 4 N–H and O–H groups in total. The van der Waals surface area contributed by atoms with Gasteiger partial charge in [-0.15, -0.1) is 0 Å². The summed E-state index contributed by atoms with van der Waals surface area (Å²) in [6.07, 6.45) is 5.02. The van der Waals surface area contributed by atoms with Crippen LogP contribution in [0.5, 0.6) is 0 Å². The fourth-order valence-corrected chi connectivity index (χ4v) is 2.25. The van der Waals surface area contributed by atoms with Gasteiger partial charge in [-0.05, 0) is 38.3 Å². The van der Waals surface area contributed by atoms with Crippen LogP contribution in [0.4, 0.5) is 0 Å². The van der Waals surface area contributed by atoms with E-state index in [-0.39, 0.29) is 0 Å². The van der Waals surface area contributed by atoms with Crippen LogP contribution in [0, 0.1) is 5.92 Å². The Balaban J connectivity index is 2.21. The van der Waals surface area contributed by atoms with Gasteiger partial charge in [0.05, 0.1) is 0 Å². The summed E-state index contributed by atoms with van der Waals surface area (Å²) in [5.74, 6) is 6.75. The fraction of sp³-hybridized carbons (Fsp3) is 0.923. The maximum atomic E-state index is 5.45. The lowest BCUT2D eigenvalue weighted by molar-refractivity contribution is 0.291. The molecule has 1 aliphatic heterocycles. The van der Waals surface area contributed by atoms with E-state index in [2.05, 4.69) is 34.5 Å². The number of nitrogens with two attached hydrogens (primary N) is 1. The average molecular weight is 255 g/mol. The molecule has 1 aliphatic rings. The molecule has 0 radical (unpaired) electrons. The third-order valence-corrected chi connectivity index (χ3v) is 3.29. The van der Waals surface area contributed by atoms with Gasteiger partial charge in [0.15, 0.2) is 0 Å². The van der Waals surface area contributed by atoms with Crippen molar-refractivity contribution in [3.05, 3.63) is 0 Å². The number of rotatable bonds is 7. The number of nitrogens with zero attached hydrogens (tertiary/aromatic N) is 2. The number of hydrazine groups is 1. The molecule has 0 spiro atoms. The molecule has 5 heteroatoms. The molecule has 0 aromatic rings. The highest BCUT2D eigenvalue weighted by Gasteiger charge is 2.14. The van der Waals surface area contributed by atoms with E-state index in [1.54, 1.807) is 0 Å². The number of likely N-dealkylation sites (tertiary alicyclic amines) is 1. The second kappa shape index (κ2) is 9.16. The maximum absolute atomic E-state index is 5.45. The summed E-state index contributed by atoms with van der Waals surface area (Å²) in [5.41, 5.74) is 2.64. The van der Waals surface area contributed by atoms with Crippen LogP contribution in [0.2, 0.25) is 0 Å². The lowest BCUT2D eigenvalue weighted by atomic mass is 10.2. The molecule has 0 aliphatic carbocycles. The van der Waals surface area contributed by atoms with Gasteiger partial charge in [-0.3, -0.25) is 10.4 Å². The first kappa shape index (κ1) is 15.2. The summed E-state index contributed by atoms with van der Waals surface area (Å²) in [7, 11) is 0. The molecule has 0 aromatic heterocycles. The number of nitrogens with one attached hydrogen (secondary N) is 2. The summed E-state index contributed by atoms with van der Waals surface area (Å²) >= 11 is 0. The van der Waals surface area contributed by atoms with E-state index in [1.807, 2.05) is 0 Å². The Kier molecular flexibility index (Phi) is 7.76. The highest BCUT2D eigenvalue weighted by atomic mass is 15.3. The van der Waals surface area contributed by atoms with Crippen LogP contribution in [0.1, 0.15) is 39.5 Å². The monoisotopic (exact) mass is 255 g/mol. The van der Waals surface area contributed by atoms with Crippen LogP contribution in [-0.4, -0.2) is 43.6 Å². The van der Waals surface area contributed by atoms with E-state index in [9.17, 15) is 0 Å². The van der Waals surface area contributed by atoms with Crippen molar-refractivity contribution < 1.29 is 0 Å². The van der Waals surface area contributed by atoms with Crippen molar-refractivity contribution in [2.24, 2.45) is 16.8 Å². The molecular weight excluding hydrogens is 226 g/mol. The summed E-state index contributed by atoms with van der Waals surface area (Å²) in [5, 5.41) is 3.22. The molecule has 1 atom stereocenters. The summed E-state index contributed by atoms with van der Waals surface area (Å²) in [6, 6.07) is 0. The Morgan fingerprint density at radius 1 is 1.39 bits per heavy atom. The second-order valence-corrected chi connectivity index (χ2v) is 5.23. The first-order valence-corrected chi connectivity index (χ1v) is 7.23. The van der Waals surface area contributed by atoms with Gasteiger partial charge >= 0.3 is 0 Å². The van der Waals surface area contributed by atoms with Gasteiger partial charge in [0.2, 0.25) is 5.96 Å². The van der Waals surface area contributed by atoms with Crippen molar-refractivity contribution >= 4 is 5.96 Å². The molecule has 1 heterocycles. The normalized spacial score (nSPS) is 18.9. The molecule has 0 aromatic carbocycles. The Labute approximate surface area is 111 Å². The van der Waals surface area contributed by atoms with E-state index >= 15 is 0 Å². The van der Waals surface area contributed by atoms with E-state index in [0.29, 0.717) is 5.92 Å². The molecule has 5 nitrogen and oxygen atoms in total. The van der Waals surface area contributed by atoms with Crippen molar-refractivity contribution in [2.45, 2.75) is 39.5 Å². The van der Waals surface area contributed by atoms with Crippen LogP contribution in [-0.2, 0) is 0 Å². The Morgan fingerprint density at radius 3 is 2.72 bits per heavy atom. The van der Waals surface area contributed by atoms with Gasteiger partial charge in [0.1, 0.15) is 0 Å². The zero-order valence-electron chi connectivity index (χ0n) is 11.9. The zero-order valence-corrected chi connectivity index (χ0v) is 11.9. The van der Waals surface area contributed by atoms with Gasteiger partial charge in [-0.1, -0.05) is 20.3 Å². The minimum atomic E-state index is 0.583. The van der Waals surface area contributed by atoms with E-state index in [0.717, 1.165) is 32.0 Å². The number of hydrogen-bond donors (Lipinski definition) is 3. The molecule has 0 saturated carbocycles. The van der Waals surface area contributed by atoms with Crippen LogP contribution in [0.15, 0.2) is 4.99 Å². The van der Waals surface area contributed by atoms with Crippen molar-refractivity contribution in [3.63, 3.8) is 0 Å². The van der Waals surface area contributed by atoms with Gasteiger partial charge < -0.3 is 10.2 Å². The van der Waals surface area contributed by atoms with Crippen LogP contribution >= 0.6 is 0 Å². The molecule has 1 fully saturated rings. The predicted octanol–water partition coefficient (Wildman–Crippen LogP) is 0.927. The second-order valence-electron chi connectivity index (χ2n) is 5.23. The SMILES string of the molecule is CCCCNC(=NCC(C)CN1CCCC1)NN. The molecular formula is C13H29N5. The Morgan fingerprint density at radius 2 is 2.11 bits per heavy atom. The molecule has 1 rings (SSSR count). The van der Waals surface area contributed by atoms with Crippen molar-refractivity contribution in [2.75, 3.05) is 32.7 Å². The summed E-state index contributed by atoms with van der Waals surface area (Å²) in [6.45, 7) is 9.84. The van der Waals surface area contributed by atoms with E-state index in [4.69, 9.17) is 5.84 Å². The van der Waals surface area contributed by atoms with Gasteiger partial charge in [-0.2, -0.15) is 0 Å². The predicted molar refractivity (Wildman–Crippen MR) is 77.4 cm³/mol. The molecule has 1 unspecified atom stereocenters. The van der Waals surface area contributed by atoms with E-state index in [1.165, 1.54) is 32.4 Å². The van der Waals surface area contributed by atoms with Crippen molar-refractivity contribution in [3.8, 4) is 0 Å². The fourth-order valence-electron chi connectivity index (χ4n) is 2.25. The number of unbranched alkanes of at least 4 members (excludes halogenated alkanes) is 1. The Hall–Kier alpha value is -0.810. The highest BCUT2D eigenvalue weighted by Crippen LogP contribution is 2.10. The van der Waals surface area contributed by atoms with Gasteiger partial charge in [-0.25, -0.2) is 5.84 Å². The number of aliphatic imine (C=N–C) groups is 1. The largest absolute Gasteiger partial charge is 0.355 e. The van der Waals surface area contributed by atoms with Crippen LogP contribution in [0.3, 0.4) is 0 Å². The molecule has 1 saturated heterocycles. The van der Waals surface area contributed by atoms with Crippen LogP contribution in [0.25, 0.3) is 0 Å². The highest BCUT2D eigenvalue weighted by molar-refractivity contribution is 5.79. The van der Waals surface area contributed by atoms with Gasteiger partial charge in [0.25, 0.3) is 0 Å². The first-order chi connectivity index (χ1) is 8.76. The third-order valence-electron chi connectivity index (χ3n) is 3.29. The topological polar surface area (TPSA) is 65.7 Å². The molecule has 18 heavy (non-hydrogen) atoms. The quantitative estimate of drug-likeness (QED) is 0.208. The lowest BCUT2D eigenvalue weighted by Crippen LogP contribution is -2.42. The van der Waals surface area contributed by atoms with Crippen molar-refractivity contribution in [1.82, 2.24) is 15.6 Å². The first-order valence-electron chi connectivity index (χ1n) is 7.23. The third kappa shape index (κ3) is 6.21. The minimum Gasteiger partial charge on any atom is -0.355 e. The van der Waals surface area contributed by atoms with Gasteiger partial charge in [0, 0.05) is 19.6 Å². The van der Waals surface area contributed by atoms with Crippen molar-refractivity contribution in [1.29, 1.82) is 0 Å². The maximum Gasteiger partial charge on any atom is 0.205 e. The molecule has 0 amide bonds. The standard InChI is InChI=1S/C13H29N5/c1-3-4-7-15-13(17-14)16-10-12(2)11-18-8-5-6-9-18/h12H,3-11,14H2,1-2H3,(H2,15,16,17). The minimum absolute atomic E-state index is 0.583. The number of hydrogen-bond acceptors (Lipinski definition) is 3. The molecule has 0 bridgehead atoms. The smallest absolute Gasteiger partial charge is 0.205 e. The summed E-state index contributed by atoms with van der Waals surface area (Å²) in [4.78, 5) is 7.03. The average Bonchev–Trinajstić information content (AvgIpc) is 2.86.